The van der Waals surface area contributed by atoms with Gasteiger partial charge in [0.15, 0.2) is 0 Å². The largest absolute Gasteiger partial charge is 0.386 e. The first-order chi connectivity index (χ1) is 5.61. The third kappa shape index (κ3) is 2.21. The fraction of sp³-hybridized carbons (Fsp3) is 0.889. The Labute approximate surface area is 74.4 Å². The van der Waals surface area contributed by atoms with Crippen LogP contribution in [0.5, 0.6) is 0 Å². The molecule has 1 aliphatic rings. The Morgan fingerprint density at radius 3 is 2.83 bits per heavy atom. The highest BCUT2D eigenvalue weighted by Crippen LogP contribution is 2.17. The molecular weight excluding hydrogens is 150 g/mol. The zero-order valence-corrected chi connectivity index (χ0v) is 8.01. The van der Waals surface area contributed by atoms with Crippen LogP contribution in [-0.4, -0.2) is 29.9 Å². The molecule has 0 spiro atoms. The standard InChI is InChI=1S/C9H19N3/c1-7-4-3-5-12(6-7)8(2)9(10)11/h7-8H,3-6H2,1-2H3,(H3,10,11). The van der Waals surface area contributed by atoms with Crippen LogP contribution in [0.2, 0.25) is 0 Å². The van der Waals surface area contributed by atoms with Crippen LogP contribution in [0.3, 0.4) is 0 Å². The van der Waals surface area contributed by atoms with Crippen LogP contribution in [-0.2, 0) is 0 Å². The molecule has 1 rings (SSSR count). The monoisotopic (exact) mass is 169 g/mol. The molecule has 1 fully saturated rings. The highest BCUT2D eigenvalue weighted by molar-refractivity contribution is 5.82. The third-order valence-corrected chi connectivity index (χ3v) is 2.69. The number of hydrogen-bond acceptors (Lipinski definition) is 2. The Morgan fingerprint density at radius 1 is 1.67 bits per heavy atom. The first-order valence-corrected chi connectivity index (χ1v) is 4.69. The van der Waals surface area contributed by atoms with Crippen molar-refractivity contribution in [3.05, 3.63) is 0 Å². The van der Waals surface area contributed by atoms with Gasteiger partial charge in [-0.15, -0.1) is 0 Å². The maximum Gasteiger partial charge on any atom is 0.108 e. The Bertz CT molecular complexity index is 167. The number of likely N-dealkylation sites (tertiary alicyclic amines) is 1. The molecule has 3 N–H and O–H groups in total. The Kier molecular flexibility index (Phi) is 3.09. The minimum atomic E-state index is 0.132. The lowest BCUT2D eigenvalue weighted by Crippen LogP contribution is -2.46. The molecule has 3 nitrogen and oxygen atoms in total. The van der Waals surface area contributed by atoms with Crippen molar-refractivity contribution in [1.82, 2.24) is 4.90 Å². The van der Waals surface area contributed by atoms with Crippen LogP contribution in [0.1, 0.15) is 26.7 Å². The van der Waals surface area contributed by atoms with Gasteiger partial charge in [0, 0.05) is 6.54 Å². The SMILES string of the molecule is CC1CCCN(C(C)C(=N)N)C1. The summed E-state index contributed by atoms with van der Waals surface area (Å²) in [7, 11) is 0. The van der Waals surface area contributed by atoms with Gasteiger partial charge < -0.3 is 5.73 Å². The van der Waals surface area contributed by atoms with E-state index in [0.29, 0.717) is 5.84 Å². The number of rotatable bonds is 2. The molecule has 2 atom stereocenters. The molecule has 0 aromatic rings. The van der Waals surface area contributed by atoms with E-state index in [1.807, 2.05) is 6.92 Å². The second-order valence-electron chi connectivity index (χ2n) is 3.87. The Balaban J connectivity index is 2.45. The van der Waals surface area contributed by atoms with Crippen molar-refractivity contribution in [2.24, 2.45) is 11.7 Å². The smallest absolute Gasteiger partial charge is 0.108 e. The molecule has 0 bridgehead atoms. The first-order valence-electron chi connectivity index (χ1n) is 4.69. The summed E-state index contributed by atoms with van der Waals surface area (Å²) in [5.41, 5.74) is 5.45. The first kappa shape index (κ1) is 9.52. The Hall–Kier alpha value is -0.570. The van der Waals surface area contributed by atoms with Gasteiger partial charge in [-0.05, 0) is 32.2 Å². The van der Waals surface area contributed by atoms with E-state index < -0.39 is 0 Å². The van der Waals surface area contributed by atoms with Gasteiger partial charge in [-0.1, -0.05) is 6.92 Å². The molecule has 0 aromatic heterocycles. The van der Waals surface area contributed by atoms with Gasteiger partial charge in [0.2, 0.25) is 0 Å². The maximum atomic E-state index is 7.34. The topological polar surface area (TPSA) is 53.1 Å². The Morgan fingerprint density at radius 2 is 2.33 bits per heavy atom. The minimum Gasteiger partial charge on any atom is -0.386 e. The highest BCUT2D eigenvalue weighted by Gasteiger charge is 2.21. The van der Waals surface area contributed by atoms with E-state index in [1.54, 1.807) is 0 Å². The average molecular weight is 169 g/mol. The lowest BCUT2D eigenvalue weighted by atomic mass is 9.99. The van der Waals surface area contributed by atoms with E-state index in [1.165, 1.54) is 12.8 Å². The lowest BCUT2D eigenvalue weighted by Gasteiger charge is -2.34. The predicted molar refractivity (Wildman–Crippen MR) is 51.3 cm³/mol. The summed E-state index contributed by atoms with van der Waals surface area (Å²) in [5.74, 6) is 1.06. The summed E-state index contributed by atoms with van der Waals surface area (Å²) in [6, 6.07) is 0.132. The molecule has 0 aromatic carbocycles. The fourth-order valence-corrected chi connectivity index (χ4v) is 1.77. The van der Waals surface area contributed by atoms with Crippen molar-refractivity contribution in [1.29, 1.82) is 5.41 Å². The molecule has 1 aliphatic heterocycles. The molecule has 0 aliphatic carbocycles. The van der Waals surface area contributed by atoms with Crippen molar-refractivity contribution in [3.63, 3.8) is 0 Å². The van der Waals surface area contributed by atoms with E-state index in [4.69, 9.17) is 11.1 Å². The molecular formula is C9H19N3. The van der Waals surface area contributed by atoms with Gasteiger partial charge in [-0.3, -0.25) is 10.3 Å². The van der Waals surface area contributed by atoms with Crippen LogP contribution >= 0.6 is 0 Å². The maximum absolute atomic E-state index is 7.34. The summed E-state index contributed by atoms with van der Waals surface area (Å²) in [6.07, 6.45) is 2.57. The number of amidine groups is 1. The highest BCUT2D eigenvalue weighted by atomic mass is 15.2. The molecule has 3 heteroatoms. The van der Waals surface area contributed by atoms with Crippen molar-refractivity contribution in [2.45, 2.75) is 32.7 Å². The van der Waals surface area contributed by atoms with Gasteiger partial charge in [0.25, 0.3) is 0 Å². The van der Waals surface area contributed by atoms with Crippen molar-refractivity contribution >= 4 is 5.84 Å². The molecule has 2 unspecified atom stereocenters. The van der Waals surface area contributed by atoms with Gasteiger partial charge >= 0.3 is 0 Å². The van der Waals surface area contributed by atoms with Crippen LogP contribution in [0.25, 0.3) is 0 Å². The van der Waals surface area contributed by atoms with Crippen LogP contribution < -0.4 is 5.73 Å². The fourth-order valence-electron chi connectivity index (χ4n) is 1.77. The van der Waals surface area contributed by atoms with E-state index in [2.05, 4.69) is 11.8 Å². The summed E-state index contributed by atoms with van der Waals surface area (Å²) >= 11 is 0. The van der Waals surface area contributed by atoms with Crippen molar-refractivity contribution in [3.8, 4) is 0 Å². The van der Waals surface area contributed by atoms with Crippen molar-refractivity contribution in [2.75, 3.05) is 13.1 Å². The van der Waals surface area contributed by atoms with Crippen LogP contribution in [0.15, 0.2) is 0 Å². The summed E-state index contributed by atoms with van der Waals surface area (Å²) in [6.45, 7) is 6.48. The van der Waals surface area contributed by atoms with Crippen molar-refractivity contribution < 1.29 is 0 Å². The van der Waals surface area contributed by atoms with Gasteiger partial charge in [-0.2, -0.15) is 0 Å². The molecule has 0 radical (unpaired) electrons. The molecule has 12 heavy (non-hydrogen) atoms. The number of nitrogens with two attached hydrogens (primary N) is 1. The number of piperidine rings is 1. The number of nitrogens with one attached hydrogen (secondary N) is 1. The zero-order valence-electron chi connectivity index (χ0n) is 8.01. The number of hydrogen-bond donors (Lipinski definition) is 2. The quantitative estimate of drug-likeness (QED) is 0.479. The molecule has 70 valence electrons. The van der Waals surface area contributed by atoms with Gasteiger partial charge in [0.1, 0.15) is 5.84 Å². The molecule has 1 saturated heterocycles. The summed E-state index contributed by atoms with van der Waals surface area (Å²) < 4.78 is 0. The molecule has 0 amide bonds. The van der Waals surface area contributed by atoms with Gasteiger partial charge in [-0.25, -0.2) is 0 Å². The van der Waals surface area contributed by atoms with E-state index in [9.17, 15) is 0 Å². The normalized spacial score (nSPS) is 28.3. The summed E-state index contributed by atoms with van der Waals surface area (Å²) in [5, 5.41) is 7.34. The zero-order chi connectivity index (χ0) is 9.14. The minimum absolute atomic E-state index is 0.132. The predicted octanol–water partition coefficient (Wildman–Crippen LogP) is 1.04. The molecule has 1 heterocycles. The third-order valence-electron chi connectivity index (χ3n) is 2.69. The van der Waals surface area contributed by atoms with Crippen LogP contribution in [0.4, 0.5) is 0 Å². The van der Waals surface area contributed by atoms with E-state index in [-0.39, 0.29) is 6.04 Å². The summed E-state index contributed by atoms with van der Waals surface area (Å²) in [4.78, 5) is 2.30. The number of nitrogens with zero attached hydrogens (tertiary/aromatic N) is 1. The van der Waals surface area contributed by atoms with E-state index >= 15 is 0 Å². The van der Waals surface area contributed by atoms with E-state index in [0.717, 1.165) is 19.0 Å². The lowest BCUT2D eigenvalue weighted by molar-refractivity contribution is 0.168. The van der Waals surface area contributed by atoms with Crippen LogP contribution in [0, 0.1) is 11.3 Å². The van der Waals surface area contributed by atoms with Gasteiger partial charge in [0.05, 0.1) is 6.04 Å². The molecule has 0 saturated carbocycles. The second-order valence-corrected chi connectivity index (χ2v) is 3.87. The second kappa shape index (κ2) is 3.90. The average Bonchev–Trinajstić information content (AvgIpc) is 2.03.